The standard InChI is InChI=1S/C16H24N2O4S/c1-12-4-5-13(2)15(10-12)22-11-16(19)18-8-6-14(7-9-18)17-23(3,20)21/h4-5,10,14,17H,6-9,11H2,1-3H3. The summed E-state index contributed by atoms with van der Waals surface area (Å²) >= 11 is 0. The number of hydrogen-bond donors (Lipinski definition) is 1. The highest BCUT2D eigenvalue weighted by Crippen LogP contribution is 2.19. The Morgan fingerprint density at radius 1 is 1.30 bits per heavy atom. The highest BCUT2D eigenvalue weighted by atomic mass is 32.2. The van der Waals surface area contributed by atoms with Crippen LogP contribution in [0.25, 0.3) is 0 Å². The number of piperidine rings is 1. The predicted octanol–water partition coefficient (Wildman–Crippen LogP) is 1.22. The van der Waals surface area contributed by atoms with Crippen LogP contribution in [-0.4, -0.2) is 51.2 Å². The number of carbonyl (C=O) groups excluding carboxylic acids is 1. The van der Waals surface area contributed by atoms with Crippen molar-refractivity contribution in [2.45, 2.75) is 32.7 Å². The van der Waals surface area contributed by atoms with Gasteiger partial charge in [-0.15, -0.1) is 0 Å². The van der Waals surface area contributed by atoms with Gasteiger partial charge in [0.05, 0.1) is 6.26 Å². The van der Waals surface area contributed by atoms with E-state index < -0.39 is 10.0 Å². The molecule has 0 unspecified atom stereocenters. The lowest BCUT2D eigenvalue weighted by Gasteiger charge is -2.32. The number of carbonyl (C=O) groups is 1. The van der Waals surface area contributed by atoms with Crippen LogP contribution in [-0.2, 0) is 14.8 Å². The zero-order chi connectivity index (χ0) is 17.0. The summed E-state index contributed by atoms with van der Waals surface area (Å²) < 4.78 is 30.7. The molecular weight excluding hydrogens is 316 g/mol. The van der Waals surface area contributed by atoms with Gasteiger partial charge in [-0.05, 0) is 43.9 Å². The Labute approximate surface area is 137 Å². The average molecular weight is 340 g/mol. The monoisotopic (exact) mass is 340 g/mol. The molecule has 1 aliphatic rings. The van der Waals surface area contributed by atoms with Crippen molar-refractivity contribution in [3.05, 3.63) is 29.3 Å². The molecule has 0 aromatic heterocycles. The van der Waals surface area contributed by atoms with Crippen LogP contribution in [0.3, 0.4) is 0 Å². The highest BCUT2D eigenvalue weighted by molar-refractivity contribution is 7.88. The molecule has 1 aromatic carbocycles. The molecule has 0 atom stereocenters. The van der Waals surface area contributed by atoms with Crippen molar-refractivity contribution in [3.8, 4) is 5.75 Å². The minimum absolute atomic E-state index is 0.00840. The second-order valence-electron chi connectivity index (χ2n) is 6.10. The van der Waals surface area contributed by atoms with Gasteiger partial charge in [0.15, 0.2) is 6.61 Å². The van der Waals surface area contributed by atoms with Gasteiger partial charge in [-0.25, -0.2) is 13.1 Å². The van der Waals surface area contributed by atoms with E-state index in [0.29, 0.717) is 25.9 Å². The number of nitrogens with zero attached hydrogens (tertiary/aromatic N) is 1. The predicted molar refractivity (Wildman–Crippen MR) is 89.0 cm³/mol. The molecule has 1 aromatic rings. The Morgan fingerprint density at radius 2 is 1.96 bits per heavy atom. The van der Waals surface area contributed by atoms with Crippen molar-refractivity contribution in [1.29, 1.82) is 0 Å². The first kappa shape index (κ1) is 17.7. The van der Waals surface area contributed by atoms with Crippen molar-refractivity contribution >= 4 is 15.9 Å². The molecule has 0 radical (unpaired) electrons. The molecule has 0 bridgehead atoms. The normalized spacial score (nSPS) is 16.4. The lowest BCUT2D eigenvalue weighted by molar-refractivity contribution is -0.134. The van der Waals surface area contributed by atoms with Crippen LogP contribution in [0.1, 0.15) is 24.0 Å². The molecule has 2 rings (SSSR count). The number of hydrogen-bond acceptors (Lipinski definition) is 4. The summed E-state index contributed by atoms with van der Waals surface area (Å²) in [6.07, 6.45) is 2.41. The van der Waals surface area contributed by atoms with E-state index in [1.165, 1.54) is 0 Å². The maximum Gasteiger partial charge on any atom is 0.260 e. The molecule has 7 heteroatoms. The van der Waals surface area contributed by atoms with E-state index in [1.54, 1.807) is 4.90 Å². The second kappa shape index (κ2) is 7.31. The summed E-state index contributed by atoms with van der Waals surface area (Å²) in [6, 6.07) is 5.81. The van der Waals surface area contributed by atoms with Gasteiger partial charge in [0.25, 0.3) is 5.91 Å². The minimum atomic E-state index is -3.19. The molecule has 1 fully saturated rings. The highest BCUT2D eigenvalue weighted by Gasteiger charge is 2.24. The maximum absolute atomic E-state index is 12.2. The lowest BCUT2D eigenvalue weighted by atomic mass is 10.1. The van der Waals surface area contributed by atoms with E-state index in [4.69, 9.17) is 4.74 Å². The molecule has 1 aliphatic heterocycles. The van der Waals surface area contributed by atoms with E-state index in [0.717, 1.165) is 23.1 Å². The van der Waals surface area contributed by atoms with E-state index >= 15 is 0 Å². The Bertz CT molecular complexity index is 665. The number of benzene rings is 1. The van der Waals surface area contributed by atoms with Gasteiger partial charge in [0.1, 0.15) is 5.75 Å². The minimum Gasteiger partial charge on any atom is -0.483 e. The second-order valence-corrected chi connectivity index (χ2v) is 7.88. The molecule has 23 heavy (non-hydrogen) atoms. The summed E-state index contributed by atoms with van der Waals surface area (Å²) in [6.45, 7) is 5.02. The van der Waals surface area contributed by atoms with Gasteiger partial charge >= 0.3 is 0 Å². The lowest BCUT2D eigenvalue weighted by Crippen LogP contribution is -2.47. The molecule has 0 saturated carbocycles. The van der Waals surface area contributed by atoms with Crippen molar-refractivity contribution in [2.75, 3.05) is 26.0 Å². The Hall–Kier alpha value is -1.60. The van der Waals surface area contributed by atoms with Crippen LogP contribution in [0, 0.1) is 13.8 Å². The number of amides is 1. The molecule has 1 heterocycles. The van der Waals surface area contributed by atoms with Crippen molar-refractivity contribution in [3.63, 3.8) is 0 Å². The third-order valence-electron chi connectivity index (χ3n) is 3.92. The summed E-state index contributed by atoms with van der Waals surface area (Å²) in [5.41, 5.74) is 2.09. The molecular formula is C16H24N2O4S. The molecule has 1 amide bonds. The van der Waals surface area contributed by atoms with Crippen molar-refractivity contribution < 1.29 is 17.9 Å². The van der Waals surface area contributed by atoms with Gasteiger partial charge < -0.3 is 9.64 Å². The van der Waals surface area contributed by atoms with Crippen LogP contribution in [0.15, 0.2) is 18.2 Å². The van der Waals surface area contributed by atoms with Gasteiger partial charge in [0.2, 0.25) is 10.0 Å². The summed E-state index contributed by atoms with van der Waals surface area (Å²) in [7, 11) is -3.19. The van der Waals surface area contributed by atoms with Crippen LogP contribution in [0.4, 0.5) is 0 Å². The van der Waals surface area contributed by atoms with E-state index in [9.17, 15) is 13.2 Å². The zero-order valence-corrected chi connectivity index (χ0v) is 14.6. The molecule has 0 spiro atoms. The van der Waals surface area contributed by atoms with Crippen molar-refractivity contribution in [1.82, 2.24) is 9.62 Å². The largest absolute Gasteiger partial charge is 0.483 e. The number of rotatable bonds is 5. The topological polar surface area (TPSA) is 75.7 Å². The number of nitrogens with one attached hydrogen (secondary N) is 1. The Morgan fingerprint density at radius 3 is 2.57 bits per heavy atom. The van der Waals surface area contributed by atoms with Gasteiger partial charge in [-0.3, -0.25) is 4.79 Å². The van der Waals surface area contributed by atoms with Gasteiger partial charge in [-0.1, -0.05) is 12.1 Å². The first-order valence-corrected chi connectivity index (χ1v) is 9.59. The zero-order valence-electron chi connectivity index (χ0n) is 13.8. The fourth-order valence-electron chi connectivity index (χ4n) is 2.64. The summed E-state index contributed by atoms with van der Waals surface area (Å²) in [4.78, 5) is 13.9. The molecule has 128 valence electrons. The third kappa shape index (κ3) is 5.51. The number of sulfonamides is 1. The first-order chi connectivity index (χ1) is 10.7. The number of aryl methyl sites for hydroxylation is 2. The smallest absolute Gasteiger partial charge is 0.260 e. The third-order valence-corrected chi connectivity index (χ3v) is 4.68. The molecule has 1 N–H and O–H groups in total. The van der Waals surface area contributed by atoms with E-state index in [2.05, 4.69) is 4.72 Å². The van der Waals surface area contributed by atoms with Crippen LogP contribution in [0.5, 0.6) is 5.75 Å². The first-order valence-electron chi connectivity index (χ1n) is 7.70. The molecule has 0 aliphatic carbocycles. The van der Waals surface area contributed by atoms with Gasteiger partial charge in [0, 0.05) is 19.1 Å². The molecule has 6 nitrogen and oxygen atoms in total. The van der Waals surface area contributed by atoms with Crippen LogP contribution < -0.4 is 9.46 Å². The molecule has 1 saturated heterocycles. The maximum atomic E-state index is 12.2. The quantitative estimate of drug-likeness (QED) is 0.874. The fourth-order valence-corrected chi connectivity index (χ4v) is 3.48. The number of ether oxygens (including phenoxy) is 1. The summed E-state index contributed by atoms with van der Waals surface area (Å²) in [5.74, 6) is 0.663. The number of likely N-dealkylation sites (tertiary alicyclic amines) is 1. The van der Waals surface area contributed by atoms with Crippen LogP contribution >= 0.6 is 0 Å². The Balaban J connectivity index is 1.82. The van der Waals surface area contributed by atoms with Gasteiger partial charge in [-0.2, -0.15) is 0 Å². The fraction of sp³-hybridized carbons (Fsp3) is 0.562. The van der Waals surface area contributed by atoms with E-state index in [-0.39, 0.29) is 18.6 Å². The van der Waals surface area contributed by atoms with Crippen molar-refractivity contribution in [2.24, 2.45) is 0 Å². The Kier molecular flexibility index (Phi) is 5.64. The summed E-state index contributed by atoms with van der Waals surface area (Å²) in [5, 5.41) is 0. The van der Waals surface area contributed by atoms with Crippen LogP contribution in [0.2, 0.25) is 0 Å². The van der Waals surface area contributed by atoms with E-state index in [1.807, 2.05) is 32.0 Å². The SMILES string of the molecule is Cc1ccc(C)c(OCC(=O)N2CCC(NS(C)(=O)=O)CC2)c1. The average Bonchev–Trinajstić information content (AvgIpc) is 2.47.